The highest BCUT2D eigenvalue weighted by atomic mass is 35.5. The topological polar surface area (TPSA) is 106 Å². The molecule has 0 aliphatic heterocycles. The van der Waals surface area contributed by atoms with Crippen molar-refractivity contribution in [3.8, 4) is 12.1 Å². The van der Waals surface area contributed by atoms with Crippen LogP contribution in [0, 0.1) is 45.9 Å². The second-order valence-corrected chi connectivity index (χ2v) is 7.70. The van der Waals surface area contributed by atoms with E-state index in [9.17, 15) is 37.7 Å². The highest BCUT2D eigenvalue weighted by molar-refractivity contribution is 6.34. The van der Waals surface area contributed by atoms with Crippen LogP contribution in [0.3, 0.4) is 0 Å². The summed E-state index contributed by atoms with van der Waals surface area (Å²) in [6.45, 7) is 0. The minimum Gasteiger partial charge on any atom is -0.321 e. The Morgan fingerprint density at radius 1 is 0.703 bits per heavy atom. The fourth-order valence-electron chi connectivity index (χ4n) is 2.92. The largest absolute Gasteiger partial charge is 0.321 e. The van der Waals surface area contributed by atoms with Crippen molar-refractivity contribution in [1.82, 2.24) is 0 Å². The molecular weight excluding hydrogens is 512 g/mol. The number of nitrogens with one attached hydrogen (secondary N) is 2. The first-order valence-corrected chi connectivity index (χ1v) is 10.5. The summed E-state index contributed by atoms with van der Waals surface area (Å²) >= 11 is 6.16. The fraction of sp³-hybridized carbons (Fsp3) is 0. The van der Waals surface area contributed by atoms with Crippen molar-refractivity contribution < 1.29 is 27.2 Å². The number of halogens is 5. The zero-order valence-electron chi connectivity index (χ0n) is 18.5. The lowest BCUT2D eigenvalue weighted by atomic mass is 10.1. The van der Waals surface area contributed by atoms with E-state index in [1.54, 1.807) is 12.1 Å². The minimum absolute atomic E-state index is 0.0423. The molecule has 3 aromatic carbocycles. The van der Waals surface area contributed by atoms with Gasteiger partial charge in [0.05, 0.1) is 10.7 Å². The van der Waals surface area contributed by atoms with Gasteiger partial charge in [-0.05, 0) is 65.7 Å². The molecule has 11 heteroatoms. The van der Waals surface area contributed by atoms with Gasteiger partial charge in [0.1, 0.15) is 23.3 Å². The van der Waals surface area contributed by atoms with Crippen molar-refractivity contribution in [1.29, 1.82) is 10.5 Å². The normalized spacial score (nSPS) is 11.3. The predicted octanol–water partition coefficient (Wildman–Crippen LogP) is 5.99. The third-order valence-electron chi connectivity index (χ3n) is 4.71. The van der Waals surface area contributed by atoms with E-state index in [2.05, 4.69) is 10.6 Å². The van der Waals surface area contributed by atoms with Gasteiger partial charge in [0.2, 0.25) is 0 Å². The van der Waals surface area contributed by atoms with Crippen LogP contribution in [0.2, 0.25) is 5.02 Å². The maximum atomic E-state index is 13.4. The van der Waals surface area contributed by atoms with Gasteiger partial charge in [0, 0.05) is 5.69 Å². The Morgan fingerprint density at radius 3 is 1.62 bits per heavy atom. The Bertz CT molecular complexity index is 1560. The lowest BCUT2D eigenvalue weighted by molar-refractivity contribution is -0.113. The van der Waals surface area contributed by atoms with Crippen molar-refractivity contribution in [2.45, 2.75) is 0 Å². The number of hydrogen-bond donors (Lipinski definition) is 2. The van der Waals surface area contributed by atoms with Crippen LogP contribution in [0.4, 0.5) is 28.9 Å². The zero-order chi connectivity index (χ0) is 27.1. The highest BCUT2D eigenvalue weighted by Gasteiger charge is 2.15. The maximum Gasteiger partial charge on any atom is 0.266 e. The van der Waals surface area contributed by atoms with E-state index in [-0.39, 0.29) is 27.5 Å². The van der Waals surface area contributed by atoms with E-state index < -0.39 is 46.2 Å². The van der Waals surface area contributed by atoms with E-state index in [1.165, 1.54) is 30.3 Å². The van der Waals surface area contributed by atoms with Gasteiger partial charge in [-0.15, -0.1) is 0 Å². The molecule has 3 rings (SSSR count). The lowest BCUT2D eigenvalue weighted by Gasteiger charge is -2.10. The first kappa shape index (κ1) is 26.7. The van der Waals surface area contributed by atoms with Crippen molar-refractivity contribution >= 4 is 46.9 Å². The summed E-state index contributed by atoms with van der Waals surface area (Å²) in [7, 11) is 0. The van der Waals surface area contributed by atoms with E-state index >= 15 is 0 Å². The lowest BCUT2D eigenvalue weighted by Crippen LogP contribution is -2.15. The molecule has 0 saturated heterocycles. The monoisotopic (exact) mass is 524 g/mol. The molecule has 0 spiro atoms. The summed E-state index contributed by atoms with van der Waals surface area (Å²) in [5.74, 6) is -6.20. The summed E-state index contributed by atoms with van der Waals surface area (Å²) in [6.07, 6.45) is 2.12. The molecule has 0 aliphatic rings. The smallest absolute Gasteiger partial charge is 0.266 e. The van der Waals surface area contributed by atoms with Crippen molar-refractivity contribution in [2.75, 3.05) is 10.6 Å². The van der Waals surface area contributed by atoms with Crippen LogP contribution in [0.5, 0.6) is 0 Å². The van der Waals surface area contributed by atoms with E-state index in [4.69, 9.17) is 11.6 Å². The SMILES string of the molecule is N#C/C(=C\c1ccc(F)c(F)c1)C(=O)Nc1ccc(NC(=O)/C(C#N)=C/c2ccc(F)c(F)c2)c(Cl)c1. The molecule has 2 amide bonds. The zero-order valence-corrected chi connectivity index (χ0v) is 19.2. The molecule has 0 radical (unpaired) electrons. The van der Waals surface area contributed by atoms with Gasteiger partial charge in [0.15, 0.2) is 23.3 Å². The number of nitrogens with zero attached hydrogens (tertiary/aromatic N) is 2. The molecule has 0 aromatic heterocycles. The summed E-state index contributed by atoms with van der Waals surface area (Å²) in [6, 6.07) is 13.0. The van der Waals surface area contributed by atoms with Gasteiger partial charge >= 0.3 is 0 Å². The molecular formula is C26H13ClF4N4O2. The van der Waals surface area contributed by atoms with Gasteiger partial charge in [-0.3, -0.25) is 9.59 Å². The molecule has 3 aromatic rings. The summed E-state index contributed by atoms with van der Waals surface area (Å²) < 4.78 is 52.9. The van der Waals surface area contributed by atoms with Crippen LogP contribution in [0.25, 0.3) is 12.2 Å². The van der Waals surface area contributed by atoms with Crippen LogP contribution in [0.15, 0.2) is 65.7 Å². The van der Waals surface area contributed by atoms with Gasteiger partial charge in [-0.25, -0.2) is 17.6 Å². The number of rotatable bonds is 6. The quantitative estimate of drug-likeness (QED) is 0.235. The van der Waals surface area contributed by atoms with Crippen molar-refractivity contribution in [2.24, 2.45) is 0 Å². The number of carbonyl (C=O) groups excluding carboxylic acids is 2. The molecule has 0 unspecified atom stereocenters. The molecule has 0 atom stereocenters. The van der Waals surface area contributed by atoms with Gasteiger partial charge in [-0.1, -0.05) is 23.7 Å². The standard InChI is InChI=1S/C26H13ClF4N4O2/c27-19-11-18(34-25(36)16(12-32)7-14-1-4-20(28)22(30)9-14)3-6-24(19)35-26(37)17(13-33)8-15-2-5-21(29)23(31)10-15/h1-11H,(H,34,36)(H,35,37)/b16-7+,17-8+. The third-order valence-corrected chi connectivity index (χ3v) is 5.03. The Morgan fingerprint density at radius 2 is 1.19 bits per heavy atom. The van der Waals surface area contributed by atoms with Gasteiger partial charge < -0.3 is 10.6 Å². The van der Waals surface area contributed by atoms with Crippen LogP contribution < -0.4 is 10.6 Å². The Kier molecular flexibility index (Phi) is 8.41. The number of hydrogen-bond acceptors (Lipinski definition) is 4. The molecule has 0 saturated carbocycles. The van der Waals surface area contributed by atoms with Gasteiger partial charge in [0.25, 0.3) is 11.8 Å². The average molecular weight is 525 g/mol. The number of nitriles is 2. The Balaban J connectivity index is 1.74. The molecule has 6 nitrogen and oxygen atoms in total. The number of carbonyl (C=O) groups is 2. The second-order valence-electron chi connectivity index (χ2n) is 7.29. The number of amides is 2. The Labute approximate surface area is 212 Å². The fourth-order valence-corrected chi connectivity index (χ4v) is 3.14. The second kappa shape index (κ2) is 11.7. The third kappa shape index (κ3) is 6.82. The van der Waals surface area contributed by atoms with E-state index in [1.807, 2.05) is 0 Å². The van der Waals surface area contributed by atoms with E-state index in [0.717, 1.165) is 36.4 Å². The average Bonchev–Trinajstić information content (AvgIpc) is 2.86. The van der Waals surface area contributed by atoms with Crippen LogP contribution in [-0.2, 0) is 9.59 Å². The molecule has 2 N–H and O–H groups in total. The minimum atomic E-state index is -1.15. The first-order valence-electron chi connectivity index (χ1n) is 10.2. The molecule has 37 heavy (non-hydrogen) atoms. The Hall–Kier alpha value is -4.93. The summed E-state index contributed by atoms with van der Waals surface area (Å²) in [5.41, 5.74) is -0.446. The molecule has 0 bridgehead atoms. The molecule has 184 valence electrons. The predicted molar refractivity (Wildman–Crippen MR) is 129 cm³/mol. The number of benzene rings is 3. The molecule has 0 fully saturated rings. The molecule has 0 heterocycles. The first-order chi connectivity index (χ1) is 17.6. The summed E-state index contributed by atoms with van der Waals surface area (Å²) in [5, 5.41) is 23.3. The van der Waals surface area contributed by atoms with Crippen LogP contribution >= 0.6 is 11.6 Å². The van der Waals surface area contributed by atoms with E-state index in [0.29, 0.717) is 0 Å². The maximum absolute atomic E-state index is 13.4. The van der Waals surface area contributed by atoms with Crippen molar-refractivity contribution in [3.05, 3.63) is 105 Å². The number of anilines is 2. The summed E-state index contributed by atoms with van der Waals surface area (Å²) in [4.78, 5) is 24.9. The van der Waals surface area contributed by atoms with Crippen molar-refractivity contribution in [3.63, 3.8) is 0 Å². The van der Waals surface area contributed by atoms with Crippen LogP contribution in [0.1, 0.15) is 11.1 Å². The molecule has 0 aliphatic carbocycles. The van der Waals surface area contributed by atoms with Crippen LogP contribution in [-0.4, -0.2) is 11.8 Å². The van der Waals surface area contributed by atoms with Gasteiger partial charge in [-0.2, -0.15) is 10.5 Å². The highest BCUT2D eigenvalue weighted by Crippen LogP contribution is 2.27.